The van der Waals surface area contributed by atoms with E-state index in [1.807, 2.05) is 0 Å². The van der Waals surface area contributed by atoms with E-state index in [1.165, 1.54) is 25.7 Å². The molecule has 0 aliphatic rings. The van der Waals surface area contributed by atoms with E-state index < -0.39 is 0 Å². The van der Waals surface area contributed by atoms with Crippen molar-refractivity contribution in [2.24, 2.45) is 5.73 Å². The van der Waals surface area contributed by atoms with Crippen molar-refractivity contribution in [3.8, 4) is 0 Å². The van der Waals surface area contributed by atoms with Crippen LogP contribution in [0.15, 0.2) is 12.7 Å². The van der Waals surface area contributed by atoms with Crippen molar-refractivity contribution in [2.75, 3.05) is 0 Å². The fraction of sp³-hybridized carbons (Fsp3) is 0.769. The van der Waals surface area contributed by atoms with Crippen LogP contribution >= 0.6 is 0 Å². The van der Waals surface area contributed by atoms with Crippen LogP contribution < -0.4 is 5.73 Å². The smallest absolute Gasteiger partial charge is 0.149 e. The highest BCUT2D eigenvalue weighted by molar-refractivity contribution is 5.83. The van der Waals surface area contributed by atoms with Gasteiger partial charge in [-0.15, -0.1) is 6.58 Å². The largest absolute Gasteiger partial charge is 0.321 e. The van der Waals surface area contributed by atoms with Gasteiger partial charge in [0.15, 0.2) is 0 Å². The first-order valence-corrected chi connectivity index (χ1v) is 6.11. The first-order valence-electron chi connectivity index (χ1n) is 6.11. The summed E-state index contributed by atoms with van der Waals surface area (Å²) in [7, 11) is 0. The monoisotopic (exact) mass is 211 g/mol. The molecule has 0 fully saturated rings. The van der Waals surface area contributed by atoms with Crippen LogP contribution in [0.25, 0.3) is 0 Å². The molecule has 0 rings (SSSR count). The van der Waals surface area contributed by atoms with Crippen LogP contribution in [0.5, 0.6) is 0 Å². The summed E-state index contributed by atoms with van der Waals surface area (Å²) >= 11 is 0. The van der Waals surface area contributed by atoms with Crippen LogP contribution in [0.1, 0.15) is 58.3 Å². The molecule has 2 nitrogen and oxygen atoms in total. The average molecular weight is 211 g/mol. The SMILES string of the molecule is C=CCC(N)C(=O)CCCCCCCC. The van der Waals surface area contributed by atoms with Gasteiger partial charge in [0.25, 0.3) is 0 Å². The van der Waals surface area contributed by atoms with Gasteiger partial charge in [0.05, 0.1) is 6.04 Å². The van der Waals surface area contributed by atoms with Crippen LogP contribution in [-0.4, -0.2) is 11.8 Å². The highest BCUT2D eigenvalue weighted by Gasteiger charge is 2.10. The van der Waals surface area contributed by atoms with Crippen LogP contribution in [0.4, 0.5) is 0 Å². The van der Waals surface area contributed by atoms with E-state index in [0.29, 0.717) is 12.8 Å². The lowest BCUT2D eigenvalue weighted by atomic mass is 10.0. The van der Waals surface area contributed by atoms with Crippen LogP contribution in [-0.2, 0) is 4.79 Å². The standard InChI is InChI=1S/C13H25NO/c1-3-5-6-7-8-9-11-13(15)12(14)10-4-2/h4,12H,2-3,5-11,14H2,1H3. The zero-order valence-electron chi connectivity index (χ0n) is 10.0. The Morgan fingerprint density at radius 1 is 1.27 bits per heavy atom. The molecule has 2 N–H and O–H groups in total. The number of unbranched alkanes of at least 4 members (excludes halogenated alkanes) is 5. The van der Waals surface area contributed by atoms with E-state index in [1.54, 1.807) is 6.08 Å². The maximum atomic E-state index is 11.4. The Bertz CT molecular complexity index is 177. The van der Waals surface area contributed by atoms with E-state index in [0.717, 1.165) is 12.8 Å². The number of nitrogens with two attached hydrogens (primary N) is 1. The molecule has 0 bridgehead atoms. The predicted molar refractivity (Wildman–Crippen MR) is 65.8 cm³/mol. The molecule has 1 unspecified atom stereocenters. The van der Waals surface area contributed by atoms with E-state index in [4.69, 9.17) is 5.73 Å². The molecule has 0 spiro atoms. The molecule has 15 heavy (non-hydrogen) atoms. The highest BCUT2D eigenvalue weighted by atomic mass is 16.1. The summed E-state index contributed by atoms with van der Waals surface area (Å²) in [5.41, 5.74) is 5.67. The lowest BCUT2D eigenvalue weighted by Gasteiger charge is -2.07. The third-order valence-electron chi connectivity index (χ3n) is 2.61. The lowest BCUT2D eigenvalue weighted by molar-refractivity contribution is -0.120. The van der Waals surface area contributed by atoms with Gasteiger partial charge in [-0.3, -0.25) is 4.79 Å². The van der Waals surface area contributed by atoms with Gasteiger partial charge in [-0.25, -0.2) is 0 Å². The highest BCUT2D eigenvalue weighted by Crippen LogP contribution is 2.08. The molecule has 0 radical (unpaired) electrons. The number of Topliss-reactive ketones (excluding diaryl/α,β-unsaturated/α-hetero) is 1. The number of ketones is 1. The summed E-state index contributed by atoms with van der Waals surface area (Å²) in [5.74, 6) is 0.186. The normalized spacial score (nSPS) is 12.4. The second-order valence-corrected chi connectivity index (χ2v) is 4.11. The Kier molecular flexibility index (Phi) is 9.49. The third kappa shape index (κ3) is 8.37. The summed E-state index contributed by atoms with van der Waals surface area (Å²) in [6.07, 6.45) is 10.2. The van der Waals surface area contributed by atoms with Gasteiger partial charge >= 0.3 is 0 Å². The lowest BCUT2D eigenvalue weighted by Crippen LogP contribution is -2.29. The number of hydrogen-bond acceptors (Lipinski definition) is 2. The maximum Gasteiger partial charge on any atom is 0.149 e. The molecule has 0 saturated heterocycles. The molecule has 0 saturated carbocycles. The van der Waals surface area contributed by atoms with Crippen molar-refractivity contribution in [1.82, 2.24) is 0 Å². The summed E-state index contributed by atoms with van der Waals surface area (Å²) in [6, 6.07) is -0.321. The molecule has 0 aromatic heterocycles. The Labute approximate surface area is 93.9 Å². The third-order valence-corrected chi connectivity index (χ3v) is 2.61. The van der Waals surface area contributed by atoms with Gasteiger partial charge in [-0.2, -0.15) is 0 Å². The molecular weight excluding hydrogens is 186 g/mol. The number of hydrogen-bond donors (Lipinski definition) is 1. The summed E-state index contributed by atoms with van der Waals surface area (Å²) in [4.78, 5) is 11.4. The zero-order valence-corrected chi connectivity index (χ0v) is 10.0. The Morgan fingerprint density at radius 2 is 1.87 bits per heavy atom. The minimum Gasteiger partial charge on any atom is -0.321 e. The molecule has 1 atom stereocenters. The van der Waals surface area contributed by atoms with Gasteiger partial charge in [0.2, 0.25) is 0 Å². The van der Waals surface area contributed by atoms with Gasteiger partial charge in [0.1, 0.15) is 5.78 Å². The molecular formula is C13H25NO. The molecule has 0 heterocycles. The van der Waals surface area contributed by atoms with Gasteiger partial charge in [-0.05, 0) is 12.8 Å². The molecule has 88 valence electrons. The topological polar surface area (TPSA) is 43.1 Å². The van der Waals surface area contributed by atoms with Crippen LogP contribution in [0.3, 0.4) is 0 Å². The fourth-order valence-corrected chi connectivity index (χ4v) is 1.58. The van der Waals surface area contributed by atoms with Gasteiger partial charge in [-0.1, -0.05) is 45.1 Å². The first kappa shape index (κ1) is 14.4. The molecule has 0 aromatic carbocycles. The number of carbonyl (C=O) groups excluding carboxylic acids is 1. The van der Waals surface area contributed by atoms with Crippen LogP contribution in [0.2, 0.25) is 0 Å². The predicted octanol–water partition coefficient (Wildman–Crippen LogP) is 3.21. The first-order chi connectivity index (χ1) is 7.22. The Balaban J connectivity index is 3.34. The van der Waals surface area contributed by atoms with Crippen molar-refractivity contribution in [3.05, 3.63) is 12.7 Å². The minimum atomic E-state index is -0.321. The average Bonchev–Trinajstić information content (AvgIpc) is 2.23. The second-order valence-electron chi connectivity index (χ2n) is 4.11. The quantitative estimate of drug-likeness (QED) is 0.445. The molecule has 0 aliphatic heterocycles. The zero-order chi connectivity index (χ0) is 11.5. The van der Waals surface area contributed by atoms with Gasteiger partial charge in [0, 0.05) is 6.42 Å². The van der Waals surface area contributed by atoms with E-state index in [9.17, 15) is 4.79 Å². The molecule has 0 amide bonds. The van der Waals surface area contributed by atoms with E-state index in [-0.39, 0.29) is 11.8 Å². The van der Waals surface area contributed by atoms with Crippen molar-refractivity contribution >= 4 is 5.78 Å². The number of carbonyl (C=O) groups is 1. The van der Waals surface area contributed by atoms with Crippen LogP contribution in [0, 0.1) is 0 Å². The molecule has 0 aliphatic carbocycles. The van der Waals surface area contributed by atoms with Crippen molar-refractivity contribution in [2.45, 2.75) is 64.3 Å². The molecule has 2 heteroatoms. The summed E-state index contributed by atoms with van der Waals surface area (Å²) in [6.45, 7) is 5.79. The maximum absolute atomic E-state index is 11.4. The number of rotatable bonds is 10. The Hall–Kier alpha value is -0.630. The van der Waals surface area contributed by atoms with Gasteiger partial charge < -0.3 is 5.73 Å². The minimum absolute atomic E-state index is 0.186. The summed E-state index contributed by atoms with van der Waals surface area (Å²) < 4.78 is 0. The van der Waals surface area contributed by atoms with Crippen molar-refractivity contribution in [1.29, 1.82) is 0 Å². The summed E-state index contributed by atoms with van der Waals surface area (Å²) in [5, 5.41) is 0. The van der Waals surface area contributed by atoms with E-state index >= 15 is 0 Å². The Morgan fingerprint density at radius 3 is 2.47 bits per heavy atom. The van der Waals surface area contributed by atoms with Crippen molar-refractivity contribution in [3.63, 3.8) is 0 Å². The van der Waals surface area contributed by atoms with E-state index in [2.05, 4.69) is 13.5 Å². The van der Waals surface area contributed by atoms with Crippen molar-refractivity contribution < 1.29 is 4.79 Å². The second kappa shape index (κ2) is 9.91. The molecule has 0 aromatic rings. The fourth-order valence-electron chi connectivity index (χ4n) is 1.58.